The summed E-state index contributed by atoms with van der Waals surface area (Å²) in [5, 5.41) is 10.9. The quantitative estimate of drug-likeness (QED) is 0.0374. The van der Waals surface area contributed by atoms with Crippen molar-refractivity contribution in [2.24, 2.45) is 17.8 Å². The van der Waals surface area contributed by atoms with Crippen LogP contribution >= 0.6 is 0 Å². The molecule has 0 fully saturated rings. The summed E-state index contributed by atoms with van der Waals surface area (Å²) in [6.45, 7) is 9.20. The van der Waals surface area contributed by atoms with Crippen LogP contribution in [0.5, 0.6) is 0 Å². The molecule has 0 saturated heterocycles. The van der Waals surface area contributed by atoms with Gasteiger partial charge < -0.3 is 9.84 Å². The van der Waals surface area contributed by atoms with Crippen LogP contribution in [0.3, 0.4) is 0 Å². The maximum atomic E-state index is 12.7. The van der Waals surface area contributed by atoms with Crippen LogP contribution in [0.1, 0.15) is 451 Å². The Bertz CT molecular complexity index is 1280. The minimum absolute atomic E-state index is 0.216. The third kappa shape index (κ3) is 63.7. The molecule has 4 nitrogen and oxygen atoms in total. The third-order valence-electron chi connectivity index (χ3n) is 19.3. The molecule has 0 amide bonds. The van der Waals surface area contributed by atoms with E-state index in [2.05, 4.69) is 39.8 Å². The molecule has 0 aliphatic rings. The smallest absolute Gasteiger partial charge is 0.311 e. The molecule has 0 aromatic heterocycles. The maximum absolute atomic E-state index is 12.7. The monoisotopic (exact) mass is 1170 g/mol. The van der Waals surface area contributed by atoms with E-state index in [0.29, 0.717) is 5.78 Å². The van der Waals surface area contributed by atoms with E-state index < -0.39 is 6.10 Å². The van der Waals surface area contributed by atoms with Crippen molar-refractivity contribution in [2.45, 2.75) is 458 Å². The predicted octanol–water partition coefficient (Wildman–Crippen LogP) is 27.3. The number of aliphatic hydroxyl groups excluding tert-OH is 1. The van der Waals surface area contributed by atoms with Crippen molar-refractivity contribution in [3.63, 3.8) is 0 Å². The van der Waals surface area contributed by atoms with Crippen molar-refractivity contribution >= 4 is 11.8 Å². The van der Waals surface area contributed by atoms with Crippen molar-refractivity contribution in [1.82, 2.24) is 0 Å². The number of ether oxygens (including phenoxy) is 1. The number of allylic oxidation sites excluding steroid dienone is 2. The topological polar surface area (TPSA) is 63.6 Å². The van der Waals surface area contributed by atoms with Crippen molar-refractivity contribution in [2.75, 3.05) is 7.11 Å². The van der Waals surface area contributed by atoms with Gasteiger partial charge in [-0.2, -0.15) is 0 Å². The molecule has 83 heavy (non-hydrogen) atoms. The van der Waals surface area contributed by atoms with Crippen LogP contribution in [0.2, 0.25) is 0 Å². The molecule has 4 atom stereocenters. The van der Waals surface area contributed by atoms with Gasteiger partial charge in [-0.1, -0.05) is 412 Å². The van der Waals surface area contributed by atoms with E-state index >= 15 is 0 Å². The van der Waals surface area contributed by atoms with E-state index in [1.54, 1.807) is 0 Å². The van der Waals surface area contributed by atoms with Crippen LogP contribution in [-0.4, -0.2) is 30.1 Å². The summed E-state index contributed by atoms with van der Waals surface area (Å²) in [7, 11) is 1.47. The number of aliphatic hydroxyl groups is 1. The van der Waals surface area contributed by atoms with Gasteiger partial charge in [0.25, 0.3) is 0 Å². The number of Topliss-reactive ketones (excluding diaryl/α,β-unsaturated/α-hetero) is 1. The Labute approximate surface area is 523 Å². The Balaban J connectivity index is 3.48. The fourth-order valence-electron chi connectivity index (χ4n) is 13.2. The molecule has 4 heteroatoms. The predicted molar refractivity (Wildman–Crippen MR) is 370 cm³/mol. The lowest BCUT2D eigenvalue weighted by Gasteiger charge is -2.20. The van der Waals surface area contributed by atoms with E-state index in [1.165, 1.54) is 373 Å². The summed E-state index contributed by atoms with van der Waals surface area (Å²) in [5.41, 5.74) is 0. The minimum atomic E-state index is -0.558. The average molecular weight is 1170 g/mol. The Hall–Kier alpha value is -1.16. The van der Waals surface area contributed by atoms with Gasteiger partial charge in [0.1, 0.15) is 5.78 Å². The maximum Gasteiger partial charge on any atom is 0.311 e. The highest BCUT2D eigenvalue weighted by Crippen LogP contribution is 2.24. The molecule has 0 aromatic carbocycles. The molecule has 1 N–H and O–H groups in total. The van der Waals surface area contributed by atoms with E-state index in [-0.39, 0.29) is 17.8 Å². The van der Waals surface area contributed by atoms with Crippen LogP contribution in [0, 0.1) is 17.8 Å². The zero-order valence-corrected chi connectivity index (χ0v) is 57.8. The number of hydrogen-bond acceptors (Lipinski definition) is 4. The van der Waals surface area contributed by atoms with Gasteiger partial charge >= 0.3 is 5.97 Å². The lowest BCUT2D eigenvalue weighted by Crippen LogP contribution is -2.29. The molecule has 0 rings (SSSR count). The Morgan fingerprint density at radius 2 is 0.578 bits per heavy atom. The molecule has 0 radical (unpaired) electrons. The fourth-order valence-corrected chi connectivity index (χ4v) is 13.2. The summed E-state index contributed by atoms with van der Waals surface area (Å²) < 4.78 is 5.11. The van der Waals surface area contributed by atoms with Crippen molar-refractivity contribution in [3.05, 3.63) is 12.2 Å². The standard InChI is InChI=1S/C79H154O4/c1-6-8-10-12-14-16-18-20-22-23-26-29-35-41-47-53-59-65-71-76(79(82)83-5)78(81)73-67-61-55-49-43-36-30-27-24-25-28-32-38-44-50-56-62-68-74(3)69-63-57-51-45-39-33-31-37-42-48-54-60-66-72-77(80)75(4)70-64-58-52-46-40-34-21-19-17-15-13-11-9-7-2/h63,69,74-76,78,81H,6-62,64-68,70-73H2,1-5H3. The van der Waals surface area contributed by atoms with Gasteiger partial charge in [-0.3, -0.25) is 9.59 Å². The Morgan fingerprint density at radius 3 is 0.892 bits per heavy atom. The second-order valence-corrected chi connectivity index (χ2v) is 27.7. The van der Waals surface area contributed by atoms with Crippen LogP contribution in [-0.2, 0) is 14.3 Å². The van der Waals surface area contributed by atoms with Crippen LogP contribution in [0.4, 0.5) is 0 Å². The largest absolute Gasteiger partial charge is 0.469 e. The van der Waals surface area contributed by atoms with Crippen LogP contribution < -0.4 is 0 Å². The molecule has 0 bridgehead atoms. The Morgan fingerprint density at radius 1 is 0.325 bits per heavy atom. The fraction of sp³-hybridized carbons (Fsp3) is 0.949. The number of carbonyl (C=O) groups is 2. The number of methoxy groups -OCH3 is 1. The minimum Gasteiger partial charge on any atom is -0.469 e. The van der Waals surface area contributed by atoms with Crippen LogP contribution in [0.15, 0.2) is 12.2 Å². The molecule has 0 aromatic rings. The van der Waals surface area contributed by atoms with Gasteiger partial charge in [0.2, 0.25) is 0 Å². The zero-order chi connectivity index (χ0) is 60.3. The summed E-state index contributed by atoms with van der Waals surface area (Å²) in [6.07, 6.45) is 92.3. The van der Waals surface area contributed by atoms with Gasteiger partial charge in [-0.15, -0.1) is 0 Å². The highest BCUT2D eigenvalue weighted by Gasteiger charge is 2.27. The highest BCUT2D eigenvalue weighted by atomic mass is 16.5. The first kappa shape index (κ1) is 81.8. The number of carbonyl (C=O) groups excluding carboxylic acids is 2. The number of ketones is 1. The first-order valence-corrected chi connectivity index (χ1v) is 38.8. The van der Waals surface area contributed by atoms with E-state index in [0.717, 1.165) is 63.7 Å². The second-order valence-electron chi connectivity index (χ2n) is 27.7. The van der Waals surface area contributed by atoms with Crippen molar-refractivity contribution in [1.29, 1.82) is 0 Å². The van der Waals surface area contributed by atoms with E-state index in [4.69, 9.17) is 4.74 Å². The van der Waals surface area contributed by atoms with Crippen molar-refractivity contribution < 1.29 is 19.4 Å². The van der Waals surface area contributed by atoms with Crippen molar-refractivity contribution in [3.8, 4) is 0 Å². The van der Waals surface area contributed by atoms with E-state index in [9.17, 15) is 14.7 Å². The molecule has 0 saturated carbocycles. The average Bonchev–Trinajstić information content (AvgIpc) is 3.51. The molecular formula is C79H154O4. The van der Waals surface area contributed by atoms with Gasteiger partial charge in [-0.25, -0.2) is 0 Å². The Kier molecular flexibility index (Phi) is 69.0. The number of unbranched alkanes of at least 4 members (excludes halogenated alkanes) is 57. The summed E-state index contributed by atoms with van der Waals surface area (Å²) >= 11 is 0. The normalized spacial score (nSPS) is 13.3. The van der Waals surface area contributed by atoms with Crippen LogP contribution in [0.25, 0.3) is 0 Å². The van der Waals surface area contributed by atoms with E-state index in [1.807, 2.05) is 0 Å². The molecule has 0 heterocycles. The number of esters is 1. The number of hydrogen-bond donors (Lipinski definition) is 1. The SMILES string of the molecule is CCCCCCCCCCCCCCCCCCCCC(C(=O)OC)C(O)CCCCCCCCCCCCCCCCCCCC(C)C=CCCCCCCCCCCCCCC(=O)C(C)CCCCCCCCCCCCCCCC. The third-order valence-corrected chi connectivity index (χ3v) is 19.3. The molecule has 494 valence electrons. The van der Waals surface area contributed by atoms with Gasteiger partial charge in [0.15, 0.2) is 0 Å². The molecular weight excluding hydrogens is 1010 g/mol. The lowest BCUT2D eigenvalue weighted by molar-refractivity contribution is -0.150. The summed E-state index contributed by atoms with van der Waals surface area (Å²) in [5.74, 6) is 0.973. The van der Waals surface area contributed by atoms with Gasteiger partial charge in [-0.05, 0) is 50.9 Å². The summed E-state index contributed by atoms with van der Waals surface area (Å²) in [6, 6.07) is 0. The number of rotatable bonds is 72. The highest BCUT2D eigenvalue weighted by molar-refractivity contribution is 5.80. The molecule has 0 aliphatic heterocycles. The zero-order valence-electron chi connectivity index (χ0n) is 57.8. The lowest BCUT2D eigenvalue weighted by atomic mass is 9.91. The molecule has 0 spiro atoms. The second kappa shape index (κ2) is 69.9. The first-order chi connectivity index (χ1) is 40.9. The van der Waals surface area contributed by atoms with Gasteiger partial charge in [0.05, 0.1) is 19.1 Å². The molecule has 4 unspecified atom stereocenters. The van der Waals surface area contributed by atoms with Gasteiger partial charge in [0, 0.05) is 12.3 Å². The first-order valence-electron chi connectivity index (χ1n) is 38.8. The molecule has 0 aliphatic carbocycles. The summed E-state index contributed by atoms with van der Waals surface area (Å²) in [4.78, 5) is 25.2.